The van der Waals surface area contributed by atoms with Gasteiger partial charge in [0.15, 0.2) is 0 Å². The molecule has 3 atom stereocenters. The molecule has 0 aliphatic carbocycles. The van der Waals surface area contributed by atoms with Crippen LogP contribution in [0.4, 0.5) is 0 Å². The molecule has 18 heavy (non-hydrogen) atoms. The van der Waals surface area contributed by atoms with Crippen LogP contribution in [0.1, 0.15) is 24.9 Å². The van der Waals surface area contributed by atoms with Gasteiger partial charge in [-0.1, -0.05) is 42.5 Å². The molecular formula is C15H21NO2. The van der Waals surface area contributed by atoms with Crippen molar-refractivity contribution in [3.8, 4) is 0 Å². The zero-order valence-corrected chi connectivity index (χ0v) is 10.8. The molecule has 0 aromatic heterocycles. The first-order valence-electron chi connectivity index (χ1n) is 6.49. The Bertz CT molecular complexity index is 377. The highest BCUT2D eigenvalue weighted by Crippen LogP contribution is 2.16. The summed E-state index contributed by atoms with van der Waals surface area (Å²) in [5.74, 6) is 0. The molecular weight excluding hydrogens is 226 g/mol. The monoisotopic (exact) mass is 247 g/mol. The molecule has 3 heteroatoms. The minimum Gasteiger partial charge on any atom is -0.395 e. The predicted octanol–water partition coefficient (Wildman–Crippen LogP) is 2.04. The van der Waals surface area contributed by atoms with Crippen molar-refractivity contribution in [2.24, 2.45) is 0 Å². The number of rotatable bonds is 5. The molecule has 1 aliphatic rings. The van der Waals surface area contributed by atoms with Crippen LogP contribution in [0.25, 0.3) is 0 Å². The first kappa shape index (κ1) is 13.3. The van der Waals surface area contributed by atoms with Crippen LogP contribution in [-0.4, -0.2) is 30.5 Å². The summed E-state index contributed by atoms with van der Waals surface area (Å²) >= 11 is 0. The number of ether oxygens (including phenoxy) is 1. The third-order valence-corrected chi connectivity index (χ3v) is 3.35. The lowest BCUT2D eigenvalue weighted by Gasteiger charge is -2.30. The molecule has 1 aromatic rings. The second-order valence-corrected chi connectivity index (χ2v) is 4.67. The van der Waals surface area contributed by atoms with Gasteiger partial charge in [-0.05, 0) is 18.9 Å². The molecule has 2 N–H and O–H groups in total. The molecule has 2 rings (SSSR count). The van der Waals surface area contributed by atoms with Gasteiger partial charge >= 0.3 is 0 Å². The molecule has 0 amide bonds. The average molecular weight is 247 g/mol. The molecule has 1 heterocycles. The Kier molecular flexibility index (Phi) is 4.93. The third kappa shape index (κ3) is 3.42. The standard InChI is InChI=1S/C15H21NO2/c1-12(13-7-3-2-4-8-13)16-14(11-17)15-9-5-6-10-18-15/h2-8,12,14-17H,9-11H2,1H3/t12-,14-,15-/m1/s1. The molecule has 1 aromatic carbocycles. The summed E-state index contributed by atoms with van der Waals surface area (Å²) < 4.78 is 5.66. The predicted molar refractivity (Wildman–Crippen MR) is 72.4 cm³/mol. The number of aliphatic hydroxyl groups is 1. The molecule has 0 unspecified atom stereocenters. The van der Waals surface area contributed by atoms with Crippen LogP contribution < -0.4 is 5.32 Å². The highest BCUT2D eigenvalue weighted by molar-refractivity contribution is 5.18. The first-order valence-corrected chi connectivity index (χ1v) is 6.49. The zero-order chi connectivity index (χ0) is 12.8. The van der Waals surface area contributed by atoms with Gasteiger partial charge in [-0.2, -0.15) is 0 Å². The molecule has 0 radical (unpaired) electrons. The van der Waals surface area contributed by atoms with E-state index in [0.717, 1.165) is 6.42 Å². The maximum Gasteiger partial charge on any atom is 0.0789 e. The molecule has 0 fully saturated rings. The van der Waals surface area contributed by atoms with Crippen LogP contribution in [0.3, 0.4) is 0 Å². The lowest BCUT2D eigenvalue weighted by Crippen LogP contribution is -2.45. The Balaban J connectivity index is 1.95. The van der Waals surface area contributed by atoms with Gasteiger partial charge in [-0.25, -0.2) is 0 Å². The first-order chi connectivity index (χ1) is 8.81. The van der Waals surface area contributed by atoms with Crippen molar-refractivity contribution in [3.05, 3.63) is 48.0 Å². The summed E-state index contributed by atoms with van der Waals surface area (Å²) in [4.78, 5) is 0. The number of aliphatic hydroxyl groups excluding tert-OH is 1. The maximum atomic E-state index is 9.51. The minimum atomic E-state index is -0.0230. The second-order valence-electron chi connectivity index (χ2n) is 4.67. The largest absolute Gasteiger partial charge is 0.395 e. The lowest BCUT2D eigenvalue weighted by molar-refractivity contribution is 0.0179. The number of nitrogens with one attached hydrogen (secondary N) is 1. The quantitative estimate of drug-likeness (QED) is 0.782. The van der Waals surface area contributed by atoms with Crippen molar-refractivity contribution < 1.29 is 9.84 Å². The summed E-state index contributed by atoms with van der Waals surface area (Å²) in [5.41, 5.74) is 1.22. The van der Waals surface area contributed by atoms with Gasteiger partial charge in [0.1, 0.15) is 0 Å². The number of hydrogen-bond acceptors (Lipinski definition) is 3. The molecule has 0 bridgehead atoms. The fraction of sp³-hybridized carbons (Fsp3) is 0.467. The molecule has 98 valence electrons. The number of hydrogen-bond donors (Lipinski definition) is 2. The smallest absolute Gasteiger partial charge is 0.0789 e. The van der Waals surface area contributed by atoms with E-state index < -0.39 is 0 Å². The summed E-state index contributed by atoms with van der Waals surface area (Å²) in [5, 5.41) is 13.0. The fourth-order valence-electron chi connectivity index (χ4n) is 2.26. The van der Waals surface area contributed by atoms with E-state index in [4.69, 9.17) is 4.74 Å². The normalized spacial score (nSPS) is 22.7. The van der Waals surface area contributed by atoms with Crippen molar-refractivity contribution in [1.82, 2.24) is 5.32 Å². The van der Waals surface area contributed by atoms with Crippen LogP contribution in [-0.2, 0) is 4.74 Å². The molecule has 3 nitrogen and oxygen atoms in total. The van der Waals surface area contributed by atoms with Gasteiger partial charge in [-0.3, -0.25) is 0 Å². The van der Waals surface area contributed by atoms with E-state index in [-0.39, 0.29) is 24.8 Å². The Hall–Kier alpha value is -1.16. The third-order valence-electron chi connectivity index (χ3n) is 3.35. The molecule has 0 saturated carbocycles. The lowest BCUT2D eigenvalue weighted by atomic mass is 10.0. The van der Waals surface area contributed by atoms with Gasteiger partial charge in [0.2, 0.25) is 0 Å². The molecule has 0 saturated heterocycles. The van der Waals surface area contributed by atoms with Crippen molar-refractivity contribution in [2.75, 3.05) is 13.2 Å². The minimum absolute atomic E-state index is 0.0230. The van der Waals surface area contributed by atoms with E-state index in [0.29, 0.717) is 6.61 Å². The van der Waals surface area contributed by atoms with Gasteiger partial charge in [0.05, 0.1) is 25.4 Å². The van der Waals surface area contributed by atoms with Crippen LogP contribution >= 0.6 is 0 Å². The van der Waals surface area contributed by atoms with Gasteiger partial charge in [0.25, 0.3) is 0 Å². The Morgan fingerprint density at radius 1 is 1.33 bits per heavy atom. The molecule has 0 spiro atoms. The average Bonchev–Trinajstić information content (AvgIpc) is 2.46. The maximum absolute atomic E-state index is 9.51. The number of benzene rings is 1. The van der Waals surface area contributed by atoms with Crippen molar-refractivity contribution in [1.29, 1.82) is 0 Å². The van der Waals surface area contributed by atoms with E-state index in [1.54, 1.807) is 0 Å². The van der Waals surface area contributed by atoms with E-state index in [2.05, 4.69) is 30.4 Å². The van der Waals surface area contributed by atoms with Crippen LogP contribution in [0.5, 0.6) is 0 Å². The zero-order valence-electron chi connectivity index (χ0n) is 10.8. The van der Waals surface area contributed by atoms with E-state index in [1.165, 1.54) is 5.56 Å². The summed E-state index contributed by atoms with van der Waals surface area (Å²) in [6, 6.07) is 10.4. The summed E-state index contributed by atoms with van der Waals surface area (Å²) in [7, 11) is 0. The SMILES string of the molecule is C[C@@H](N[C@H](CO)[C@H]1CC=CCO1)c1ccccc1. The Morgan fingerprint density at radius 3 is 2.72 bits per heavy atom. The highest BCUT2D eigenvalue weighted by Gasteiger charge is 2.23. The van der Waals surface area contributed by atoms with Gasteiger partial charge in [0, 0.05) is 6.04 Å². The Labute approximate surface area is 108 Å². The van der Waals surface area contributed by atoms with Gasteiger partial charge in [-0.15, -0.1) is 0 Å². The van der Waals surface area contributed by atoms with Crippen molar-refractivity contribution in [2.45, 2.75) is 31.5 Å². The van der Waals surface area contributed by atoms with Crippen LogP contribution in [0, 0.1) is 0 Å². The topological polar surface area (TPSA) is 41.5 Å². The van der Waals surface area contributed by atoms with Crippen LogP contribution in [0.2, 0.25) is 0 Å². The van der Waals surface area contributed by atoms with Crippen molar-refractivity contribution >= 4 is 0 Å². The van der Waals surface area contributed by atoms with E-state index in [1.807, 2.05) is 24.3 Å². The second kappa shape index (κ2) is 6.69. The highest BCUT2D eigenvalue weighted by atomic mass is 16.5. The van der Waals surface area contributed by atoms with E-state index in [9.17, 15) is 5.11 Å². The summed E-state index contributed by atoms with van der Waals surface area (Å²) in [6.45, 7) is 2.84. The Morgan fingerprint density at radius 2 is 2.11 bits per heavy atom. The van der Waals surface area contributed by atoms with Crippen molar-refractivity contribution in [3.63, 3.8) is 0 Å². The van der Waals surface area contributed by atoms with Crippen LogP contribution in [0.15, 0.2) is 42.5 Å². The van der Waals surface area contributed by atoms with E-state index >= 15 is 0 Å². The van der Waals surface area contributed by atoms with Gasteiger partial charge < -0.3 is 15.2 Å². The molecule has 1 aliphatic heterocycles. The summed E-state index contributed by atoms with van der Waals surface area (Å²) in [6.07, 6.45) is 5.06. The fourth-order valence-corrected chi connectivity index (χ4v) is 2.26.